The fourth-order valence-corrected chi connectivity index (χ4v) is 8.25. The lowest BCUT2D eigenvalue weighted by atomic mass is 9.54. The highest BCUT2D eigenvalue weighted by Gasteiger charge is 2.46. The molecule has 5 unspecified atom stereocenters. The molecule has 190 valence electrons. The summed E-state index contributed by atoms with van der Waals surface area (Å²) < 4.78 is 21.7. The molecule has 6 rings (SSSR count). The molecule has 5 aliphatic rings. The van der Waals surface area contributed by atoms with Crippen LogP contribution in [-0.2, 0) is 4.79 Å². The summed E-state index contributed by atoms with van der Waals surface area (Å²) in [5.41, 5.74) is 0.917. The van der Waals surface area contributed by atoms with Gasteiger partial charge >= 0.3 is 5.97 Å². The van der Waals surface area contributed by atoms with Crippen molar-refractivity contribution in [2.24, 2.45) is 35.5 Å². The van der Waals surface area contributed by atoms with Crippen molar-refractivity contribution in [3.63, 3.8) is 0 Å². The minimum atomic E-state index is -1.00. The molecule has 4 saturated carbocycles. The van der Waals surface area contributed by atoms with Crippen LogP contribution in [0.1, 0.15) is 93.0 Å². The zero-order valence-electron chi connectivity index (χ0n) is 20.8. The van der Waals surface area contributed by atoms with Crippen LogP contribution in [0.5, 0.6) is 5.75 Å². The molecule has 35 heavy (non-hydrogen) atoms. The highest BCUT2D eigenvalue weighted by Crippen LogP contribution is 2.55. The molecule has 5 nitrogen and oxygen atoms in total. The van der Waals surface area contributed by atoms with E-state index in [0.29, 0.717) is 43.6 Å². The fraction of sp³-hybridized carbons (Fsp3) is 0.724. The molecule has 0 spiro atoms. The maximum absolute atomic E-state index is 15.4. The highest BCUT2D eigenvalue weighted by molar-refractivity contribution is 5.97. The van der Waals surface area contributed by atoms with E-state index in [-0.39, 0.29) is 11.5 Å². The molecule has 1 amide bonds. The predicted octanol–water partition coefficient (Wildman–Crippen LogP) is 5.87. The number of hydrogen-bond donors (Lipinski definition) is 1. The number of nitrogens with zero attached hydrogens (tertiary/aromatic N) is 1. The number of benzene rings is 1. The van der Waals surface area contributed by atoms with Gasteiger partial charge in [-0.25, -0.2) is 9.18 Å². The summed E-state index contributed by atoms with van der Waals surface area (Å²) in [6, 6.07) is 2.20. The summed E-state index contributed by atoms with van der Waals surface area (Å²) in [6.07, 6.45) is 11.4. The number of halogens is 1. The molecule has 1 aromatic rings. The number of rotatable bonds is 7. The molecular formula is C29H38FNO4. The maximum Gasteiger partial charge on any atom is 0.326 e. The van der Waals surface area contributed by atoms with Gasteiger partial charge < -0.3 is 14.7 Å². The average Bonchev–Trinajstić information content (AvgIpc) is 3.58. The van der Waals surface area contributed by atoms with E-state index in [1.807, 2.05) is 6.92 Å². The Balaban J connectivity index is 1.21. The monoisotopic (exact) mass is 483 g/mol. The standard InChI is InChI=1S/C29H38FNO4/c1-2-18-7-8-31(27(18)29(33)34)28(32)24-13-23(19-4-5-19)26(14-25(24)30)35-15-21-12-17-9-16-3-6-22(21)20(10-16)11-17/h13-14,16-22,27H,2-12,15H2,1H3,(H,33,34)/t16?,17?,18-,20?,21?,22?,27-/m0/s1. The second kappa shape index (κ2) is 9.08. The first-order chi connectivity index (χ1) is 16.9. The van der Waals surface area contributed by atoms with Gasteiger partial charge in [0.15, 0.2) is 0 Å². The summed E-state index contributed by atoms with van der Waals surface area (Å²) in [7, 11) is 0. The number of amides is 1. The third-order valence-electron chi connectivity index (χ3n) is 10.1. The van der Waals surface area contributed by atoms with Crippen LogP contribution < -0.4 is 4.74 Å². The zero-order valence-corrected chi connectivity index (χ0v) is 20.8. The van der Waals surface area contributed by atoms with Gasteiger partial charge in [0.05, 0.1) is 12.2 Å². The third kappa shape index (κ3) is 4.25. The van der Waals surface area contributed by atoms with Gasteiger partial charge in [-0.05, 0) is 104 Å². The first-order valence-electron chi connectivity index (χ1n) is 13.9. The number of carbonyl (C=O) groups is 2. The number of hydrogen-bond acceptors (Lipinski definition) is 3. The second-order valence-electron chi connectivity index (χ2n) is 12.1. The van der Waals surface area contributed by atoms with Crippen LogP contribution >= 0.6 is 0 Å². The van der Waals surface area contributed by atoms with Gasteiger partial charge in [-0.3, -0.25) is 4.79 Å². The number of aliphatic carboxylic acids is 1. The van der Waals surface area contributed by atoms with Crippen LogP contribution in [0, 0.1) is 41.3 Å². The number of carboxylic acids is 1. The van der Waals surface area contributed by atoms with Crippen LogP contribution in [0.3, 0.4) is 0 Å². The Morgan fingerprint density at radius 2 is 1.83 bits per heavy atom. The van der Waals surface area contributed by atoms with E-state index >= 15 is 4.39 Å². The van der Waals surface area contributed by atoms with E-state index in [0.717, 1.165) is 42.1 Å². The third-order valence-corrected chi connectivity index (χ3v) is 10.1. The SMILES string of the molecule is CC[C@H]1CCN(C(=O)c2cc(C3CC3)c(OCC3CC4CC5CCC3C(C5)C4)cc2F)[C@@H]1C(=O)O. The average molecular weight is 484 g/mol. The Labute approximate surface area is 207 Å². The molecule has 1 aromatic carbocycles. The largest absolute Gasteiger partial charge is 0.493 e. The molecule has 0 radical (unpaired) electrons. The number of carbonyl (C=O) groups excluding carboxylic acids is 1. The lowest BCUT2D eigenvalue weighted by Gasteiger charge is -2.52. The molecule has 6 heteroatoms. The Morgan fingerprint density at radius 1 is 1.03 bits per heavy atom. The van der Waals surface area contributed by atoms with Crippen molar-refractivity contribution in [3.05, 3.63) is 29.1 Å². The lowest BCUT2D eigenvalue weighted by molar-refractivity contribution is -0.142. The van der Waals surface area contributed by atoms with E-state index < -0.39 is 23.7 Å². The quantitative estimate of drug-likeness (QED) is 0.527. The van der Waals surface area contributed by atoms with Crippen molar-refractivity contribution < 1.29 is 23.8 Å². The molecule has 0 aromatic heterocycles. The Morgan fingerprint density at radius 3 is 2.57 bits per heavy atom. The minimum Gasteiger partial charge on any atom is -0.493 e. The normalized spacial score (nSPS) is 35.8. The van der Waals surface area contributed by atoms with Crippen molar-refractivity contribution in [2.45, 2.75) is 83.1 Å². The predicted molar refractivity (Wildman–Crippen MR) is 130 cm³/mol. The molecule has 7 atom stereocenters. The van der Waals surface area contributed by atoms with Crippen molar-refractivity contribution >= 4 is 11.9 Å². The second-order valence-corrected chi connectivity index (χ2v) is 12.1. The molecule has 3 bridgehead atoms. The van der Waals surface area contributed by atoms with Crippen LogP contribution in [0.25, 0.3) is 0 Å². The van der Waals surface area contributed by atoms with E-state index in [2.05, 4.69) is 0 Å². The molecule has 1 aliphatic heterocycles. The van der Waals surface area contributed by atoms with Gasteiger partial charge in [-0.1, -0.05) is 19.8 Å². The molecule has 1 heterocycles. The van der Waals surface area contributed by atoms with E-state index in [1.165, 1.54) is 49.5 Å². The fourth-order valence-electron chi connectivity index (χ4n) is 8.25. The Kier molecular flexibility index (Phi) is 6.04. The van der Waals surface area contributed by atoms with Crippen molar-refractivity contribution in [2.75, 3.05) is 13.2 Å². The summed E-state index contributed by atoms with van der Waals surface area (Å²) in [6.45, 7) is 2.94. The first-order valence-corrected chi connectivity index (χ1v) is 13.9. The van der Waals surface area contributed by atoms with Gasteiger partial charge in [-0.15, -0.1) is 0 Å². The molecule has 1 N–H and O–H groups in total. The van der Waals surface area contributed by atoms with Gasteiger partial charge in [0.25, 0.3) is 5.91 Å². The summed E-state index contributed by atoms with van der Waals surface area (Å²) in [4.78, 5) is 26.6. The number of fused-ring (bicyclic) bond motifs is 2. The van der Waals surface area contributed by atoms with E-state index in [1.54, 1.807) is 6.07 Å². The summed E-state index contributed by atoms with van der Waals surface area (Å²) in [5.74, 6) is 2.62. The molecule has 5 fully saturated rings. The van der Waals surface area contributed by atoms with Crippen LogP contribution in [-0.4, -0.2) is 41.1 Å². The van der Waals surface area contributed by atoms with Gasteiger partial charge in [0.2, 0.25) is 0 Å². The van der Waals surface area contributed by atoms with Crippen molar-refractivity contribution in [1.82, 2.24) is 4.90 Å². The van der Waals surface area contributed by atoms with Crippen molar-refractivity contribution in [1.29, 1.82) is 0 Å². The smallest absolute Gasteiger partial charge is 0.326 e. The number of carboxylic acid groups (broad SMARTS) is 1. The number of likely N-dealkylation sites (tertiary alicyclic amines) is 1. The van der Waals surface area contributed by atoms with E-state index in [9.17, 15) is 14.7 Å². The molecular weight excluding hydrogens is 445 g/mol. The Hall–Kier alpha value is -2.11. The first kappa shape index (κ1) is 23.3. The van der Waals surface area contributed by atoms with Crippen molar-refractivity contribution in [3.8, 4) is 5.75 Å². The van der Waals surface area contributed by atoms with Crippen LogP contribution in [0.4, 0.5) is 4.39 Å². The molecule has 4 aliphatic carbocycles. The van der Waals surface area contributed by atoms with Gasteiger partial charge in [-0.2, -0.15) is 0 Å². The molecule has 1 saturated heterocycles. The lowest BCUT2D eigenvalue weighted by Crippen LogP contribution is -2.44. The van der Waals surface area contributed by atoms with Crippen LogP contribution in [0.2, 0.25) is 0 Å². The van der Waals surface area contributed by atoms with Crippen LogP contribution in [0.15, 0.2) is 12.1 Å². The van der Waals surface area contributed by atoms with E-state index in [4.69, 9.17) is 4.74 Å². The number of ether oxygens (including phenoxy) is 1. The maximum atomic E-state index is 15.4. The summed E-state index contributed by atoms with van der Waals surface area (Å²) in [5, 5.41) is 9.74. The van der Waals surface area contributed by atoms with Gasteiger partial charge in [0.1, 0.15) is 17.6 Å². The highest BCUT2D eigenvalue weighted by atomic mass is 19.1. The van der Waals surface area contributed by atoms with Gasteiger partial charge in [0, 0.05) is 12.6 Å². The zero-order chi connectivity index (χ0) is 24.3. The Bertz CT molecular complexity index is 1000. The summed E-state index contributed by atoms with van der Waals surface area (Å²) >= 11 is 0. The topological polar surface area (TPSA) is 66.8 Å². The minimum absolute atomic E-state index is 0.00669.